The molecule has 2 unspecified atom stereocenters. The smallest absolute Gasteiger partial charge is 0.127 e. The Morgan fingerprint density at radius 3 is 2.75 bits per heavy atom. The molecule has 2 atom stereocenters. The summed E-state index contributed by atoms with van der Waals surface area (Å²) in [6.07, 6.45) is 1.96. The largest absolute Gasteiger partial charge is 0.497 e. The lowest BCUT2D eigenvalue weighted by molar-refractivity contribution is 0.293. The summed E-state index contributed by atoms with van der Waals surface area (Å²) in [5, 5.41) is 3.32. The third-order valence-electron chi connectivity index (χ3n) is 3.13. The molecule has 0 aromatic heterocycles. The molecule has 1 aliphatic rings. The van der Waals surface area contributed by atoms with E-state index in [1.807, 2.05) is 12.1 Å². The SMILES string of the molecule is COc1ccc(C(F)CC2CCCN2)cc1. The van der Waals surface area contributed by atoms with Gasteiger partial charge in [0, 0.05) is 6.04 Å². The molecule has 0 radical (unpaired) electrons. The van der Waals surface area contributed by atoms with Crippen LogP contribution in [0.3, 0.4) is 0 Å². The van der Waals surface area contributed by atoms with E-state index < -0.39 is 6.17 Å². The Morgan fingerprint density at radius 1 is 1.44 bits per heavy atom. The predicted octanol–water partition coefficient (Wildman–Crippen LogP) is 2.85. The van der Waals surface area contributed by atoms with Gasteiger partial charge in [0.05, 0.1) is 7.11 Å². The summed E-state index contributed by atoms with van der Waals surface area (Å²) in [4.78, 5) is 0. The van der Waals surface area contributed by atoms with Crippen LogP contribution in [-0.4, -0.2) is 19.7 Å². The fraction of sp³-hybridized carbons (Fsp3) is 0.538. The second kappa shape index (κ2) is 5.30. The van der Waals surface area contributed by atoms with Gasteiger partial charge in [-0.3, -0.25) is 0 Å². The van der Waals surface area contributed by atoms with E-state index in [0.29, 0.717) is 12.5 Å². The lowest BCUT2D eigenvalue weighted by Gasteiger charge is -2.14. The van der Waals surface area contributed by atoms with Crippen LogP contribution in [-0.2, 0) is 0 Å². The molecule has 0 bridgehead atoms. The monoisotopic (exact) mass is 223 g/mol. The highest BCUT2D eigenvalue weighted by atomic mass is 19.1. The highest BCUT2D eigenvalue weighted by Crippen LogP contribution is 2.26. The van der Waals surface area contributed by atoms with Crippen LogP contribution in [0, 0.1) is 0 Å². The Kier molecular flexibility index (Phi) is 3.78. The summed E-state index contributed by atoms with van der Waals surface area (Å²) < 4.78 is 19.0. The number of hydrogen-bond acceptors (Lipinski definition) is 2. The molecule has 88 valence electrons. The zero-order chi connectivity index (χ0) is 11.4. The molecule has 0 spiro atoms. The van der Waals surface area contributed by atoms with Crippen LogP contribution < -0.4 is 10.1 Å². The molecule has 1 aromatic rings. The zero-order valence-electron chi connectivity index (χ0n) is 9.58. The lowest BCUT2D eigenvalue weighted by atomic mass is 10.0. The van der Waals surface area contributed by atoms with E-state index in [9.17, 15) is 4.39 Å². The first-order valence-corrected chi connectivity index (χ1v) is 5.81. The van der Waals surface area contributed by atoms with Gasteiger partial charge in [-0.05, 0) is 43.5 Å². The van der Waals surface area contributed by atoms with Gasteiger partial charge in [0.2, 0.25) is 0 Å². The van der Waals surface area contributed by atoms with Crippen LogP contribution in [0.2, 0.25) is 0 Å². The van der Waals surface area contributed by atoms with E-state index >= 15 is 0 Å². The van der Waals surface area contributed by atoms with Gasteiger partial charge >= 0.3 is 0 Å². The summed E-state index contributed by atoms with van der Waals surface area (Å²) in [5.41, 5.74) is 0.745. The predicted molar refractivity (Wildman–Crippen MR) is 62.5 cm³/mol. The molecule has 0 saturated carbocycles. The van der Waals surface area contributed by atoms with Crippen LogP contribution in [0.4, 0.5) is 4.39 Å². The molecule has 1 aromatic carbocycles. The van der Waals surface area contributed by atoms with Crippen molar-refractivity contribution in [2.75, 3.05) is 13.7 Å². The first-order valence-electron chi connectivity index (χ1n) is 5.81. The maximum Gasteiger partial charge on any atom is 0.127 e. The topological polar surface area (TPSA) is 21.3 Å². The Labute approximate surface area is 95.8 Å². The number of ether oxygens (including phenoxy) is 1. The van der Waals surface area contributed by atoms with Crippen LogP contribution >= 0.6 is 0 Å². The minimum absolute atomic E-state index is 0.345. The average Bonchev–Trinajstić information content (AvgIpc) is 2.82. The van der Waals surface area contributed by atoms with E-state index in [2.05, 4.69) is 5.32 Å². The Balaban J connectivity index is 1.94. The molecule has 2 nitrogen and oxygen atoms in total. The minimum Gasteiger partial charge on any atom is -0.497 e. The number of rotatable bonds is 4. The van der Waals surface area contributed by atoms with Gasteiger partial charge in [0.25, 0.3) is 0 Å². The highest BCUT2D eigenvalue weighted by Gasteiger charge is 2.20. The molecule has 0 aliphatic carbocycles. The van der Waals surface area contributed by atoms with Crippen molar-refractivity contribution in [3.05, 3.63) is 29.8 Å². The molecular formula is C13H18FNO. The van der Waals surface area contributed by atoms with E-state index in [0.717, 1.165) is 24.3 Å². The number of methoxy groups -OCH3 is 1. The molecular weight excluding hydrogens is 205 g/mol. The average molecular weight is 223 g/mol. The summed E-state index contributed by atoms with van der Waals surface area (Å²) in [6, 6.07) is 7.57. The Hall–Kier alpha value is -1.09. The molecule has 16 heavy (non-hydrogen) atoms. The molecule has 3 heteroatoms. The molecule has 1 heterocycles. The van der Waals surface area contributed by atoms with Gasteiger partial charge in [-0.15, -0.1) is 0 Å². The van der Waals surface area contributed by atoms with Gasteiger partial charge in [-0.25, -0.2) is 4.39 Å². The first kappa shape index (κ1) is 11.4. The molecule has 1 aliphatic heterocycles. The van der Waals surface area contributed by atoms with Crippen molar-refractivity contribution in [1.82, 2.24) is 5.32 Å². The number of alkyl halides is 1. The summed E-state index contributed by atoms with van der Waals surface area (Å²) >= 11 is 0. The Bertz CT molecular complexity index is 319. The standard InChI is InChI=1S/C13H18FNO/c1-16-12-6-4-10(5-7-12)13(14)9-11-3-2-8-15-11/h4-7,11,13,15H,2-3,8-9H2,1H3. The van der Waals surface area contributed by atoms with Gasteiger partial charge in [-0.1, -0.05) is 12.1 Å². The van der Waals surface area contributed by atoms with E-state index in [1.165, 1.54) is 6.42 Å². The fourth-order valence-electron chi connectivity index (χ4n) is 2.16. The second-order valence-corrected chi connectivity index (χ2v) is 4.27. The van der Waals surface area contributed by atoms with Crippen LogP contribution in [0.15, 0.2) is 24.3 Å². The van der Waals surface area contributed by atoms with Crippen molar-refractivity contribution < 1.29 is 9.13 Å². The molecule has 0 amide bonds. The number of nitrogens with one attached hydrogen (secondary N) is 1. The molecule has 1 saturated heterocycles. The van der Waals surface area contributed by atoms with Gasteiger partial charge < -0.3 is 10.1 Å². The minimum atomic E-state index is -0.874. The maximum atomic E-state index is 13.9. The van der Waals surface area contributed by atoms with Crippen molar-refractivity contribution in [2.45, 2.75) is 31.5 Å². The number of hydrogen-bond donors (Lipinski definition) is 1. The summed E-state index contributed by atoms with van der Waals surface area (Å²) in [6.45, 7) is 1.03. The van der Waals surface area contributed by atoms with Crippen LogP contribution in [0.1, 0.15) is 31.0 Å². The van der Waals surface area contributed by atoms with Crippen molar-refractivity contribution in [2.24, 2.45) is 0 Å². The number of benzene rings is 1. The summed E-state index contributed by atoms with van der Waals surface area (Å²) in [5.74, 6) is 0.773. The van der Waals surface area contributed by atoms with Crippen molar-refractivity contribution >= 4 is 0 Å². The van der Waals surface area contributed by atoms with Crippen molar-refractivity contribution in [3.8, 4) is 5.75 Å². The first-order chi connectivity index (χ1) is 7.79. The third kappa shape index (κ3) is 2.73. The molecule has 1 fully saturated rings. The van der Waals surface area contributed by atoms with Crippen LogP contribution in [0.5, 0.6) is 5.75 Å². The Morgan fingerprint density at radius 2 is 2.19 bits per heavy atom. The van der Waals surface area contributed by atoms with Crippen LogP contribution in [0.25, 0.3) is 0 Å². The number of halogens is 1. The zero-order valence-corrected chi connectivity index (χ0v) is 9.58. The van der Waals surface area contributed by atoms with E-state index in [-0.39, 0.29) is 0 Å². The fourth-order valence-corrected chi connectivity index (χ4v) is 2.16. The van der Waals surface area contributed by atoms with Crippen molar-refractivity contribution in [1.29, 1.82) is 0 Å². The highest BCUT2D eigenvalue weighted by molar-refractivity contribution is 5.28. The van der Waals surface area contributed by atoms with E-state index in [4.69, 9.17) is 4.74 Å². The van der Waals surface area contributed by atoms with Gasteiger partial charge in [0.1, 0.15) is 11.9 Å². The second-order valence-electron chi connectivity index (χ2n) is 4.27. The maximum absolute atomic E-state index is 13.9. The molecule has 2 rings (SSSR count). The van der Waals surface area contributed by atoms with Crippen molar-refractivity contribution in [3.63, 3.8) is 0 Å². The van der Waals surface area contributed by atoms with E-state index in [1.54, 1.807) is 19.2 Å². The molecule has 1 N–H and O–H groups in total. The summed E-state index contributed by atoms with van der Waals surface area (Å²) in [7, 11) is 1.62. The quantitative estimate of drug-likeness (QED) is 0.847. The van der Waals surface area contributed by atoms with Gasteiger partial charge in [0.15, 0.2) is 0 Å². The third-order valence-corrected chi connectivity index (χ3v) is 3.13. The van der Waals surface area contributed by atoms with Gasteiger partial charge in [-0.2, -0.15) is 0 Å². The normalized spacial score (nSPS) is 22.0. The lowest BCUT2D eigenvalue weighted by Crippen LogP contribution is -2.22.